The minimum absolute atomic E-state index is 0.199. The monoisotopic (exact) mass is 666 g/mol. The average Bonchev–Trinajstić information content (AvgIpc) is 3.88. The molecule has 8 aromatic rings. The van der Waals surface area contributed by atoms with Crippen LogP contribution in [0.15, 0.2) is 144 Å². The first-order chi connectivity index (χ1) is 24.4. The van der Waals surface area contributed by atoms with E-state index in [2.05, 4.69) is 52.4 Å². The SMILES string of the molecule is O=S(=O)(O)c1ccccc1-c1c2nc(cc3[nH]c(cc4nc(cc5[nH]c1c1ccccc51)-c1ccccc1-4)c1ccccc31)-c1ccccc1-2. The van der Waals surface area contributed by atoms with E-state index in [-0.39, 0.29) is 4.90 Å². The number of hydrogen-bond acceptors (Lipinski definition) is 4. The summed E-state index contributed by atoms with van der Waals surface area (Å²) in [5, 5.41) is 3.92. The lowest BCUT2D eigenvalue weighted by atomic mass is 9.96. The van der Waals surface area contributed by atoms with E-state index in [4.69, 9.17) is 9.97 Å². The maximum atomic E-state index is 13.0. The van der Waals surface area contributed by atoms with Crippen LogP contribution in [0.4, 0.5) is 0 Å². The Kier molecular flexibility index (Phi) is 6.06. The highest BCUT2D eigenvalue weighted by molar-refractivity contribution is 7.86. The Morgan fingerprint density at radius 2 is 0.880 bits per heavy atom. The Bertz CT molecular complexity index is 3030. The molecule has 0 spiro atoms. The fourth-order valence-electron chi connectivity index (χ4n) is 7.52. The third-order valence-electron chi connectivity index (χ3n) is 9.70. The maximum absolute atomic E-state index is 13.0. The molecular formula is C42H26N4O3S. The molecule has 5 heterocycles. The topological polar surface area (TPSA) is 112 Å². The number of benzene rings is 5. The van der Waals surface area contributed by atoms with E-state index in [1.54, 1.807) is 18.2 Å². The molecule has 2 aliphatic rings. The molecule has 0 unspecified atom stereocenters. The third kappa shape index (κ3) is 4.29. The second kappa shape index (κ2) is 10.6. The summed E-state index contributed by atoms with van der Waals surface area (Å²) in [7, 11) is -4.61. The van der Waals surface area contributed by atoms with Crippen LogP contribution in [0.1, 0.15) is 0 Å². The van der Waals surface area contributed by atoms with Gasteiger partial charge >= 0.3 is 0 Å². The first kappa shape index (κ1) is 28.6. The standard InChI is InChI=1S/C42H26N4O3S/c47-50(48,49)39-20-10-9-19-32(39)40-41-30-17-7-5-15-28(30)37(45-41)22-35-26-13-3-1-11-24(26)33(43-35)21-34-25-12-2-4-14-27(25)36(44-34)23-38-29-16-6-8-18-31(29)42(40)46-38/h1-23,43,46H,(H,47,48,49). The summed E-state index contributed by atoms with van der Waals surface area (Å²) in [5.74, 6) is 0. The predicted octanol–water partition coefficient (Wildman–Crippen LogP) is 10.2. The highest BCUT2D eigenvalue weighted by atomic mass is 32.2. The van der Waals surface area contributed by atoms with Crippen molar-refractivity contribution in [3.05, 3.63) is 140 Å². The van der Waals surface area contributed by atoms with Gasteiger partial charge in [-0.25, -0.2) is 9.97 Å². The van der Waals surface area contributed by atoms with Gasteiger partial charge in [0, 0.05) is 71.5 Å². The van der Waals surface area contributed by atoms with Crippen LogP contribution < -0.4 is 0 Å². The molecule has 5 aromatic carbocycles. The summed E-state index contributed by atoms with van der Waals surface area (Å²) in [6.45, 7) is 0. The van der Waals surface area contributed by atoms with Crippen molar-refractivity contribution in [3.63, 3.8) is 0 Å². The van der Waals surface area contributed by atoms with Gasteiger partial charge in [-0.15, -0.1) is 0 Å². The molecule has 8 heteroatoms. The Hall–Kier alpha value is -6.35. The normalized spacial score (nSPS) is 12.3. The first-order valence-electron chi connectivity index (χ1n) is 16.2. The number of nitrogens with one attached hydrogen (secondary N) is 2. The van der Waals surface area contributed by atoms with E-state index < -0.39 is 10.1 Å². The molecule has 7 nitrogen and oxygen atoms in total. The third-order valence-corrected chi connectivity index (χ3v) is 10.6. The van der Waals surface area contributed by atoms with Crippen LogP contribution in [0.3, 0.4) is 0 Å². The minimum atomic E-state index is -4.61. The molecular weight excluding hydrogens is 641 g/mol. The lowest BCUT2D eigenvalue weighted by Gasteiger charge is -2.11. The number of aromatic amines is 2. The predicted molar refractivity (Wildman–Crippen MR) is 200 cm³/mol. The van der Waals surface area contributed by atoms with Gasteiger partial charge in [0.2, 0.25) is 0 Å². The van der Waals surface area contributed by atoms with Crippen molar-refractivity contribution in [3.8, 4) is 56.2 Å². The zero-order valence-corrected chi connectivity index (χ0v) is 27.2. The van der Waals surface area contributed by atoms with E-state index in [0.717, 1.165) is 77.4 Å². The Morgan fingerprint density at radius 3 is 1.46 bits per heavy atom. The Balaban J connectivity index is 1.49. The molecule has 0 saturated heterocycles. The van der Waals surface area contributed by atoms with Gasteiger partial charge in [-0.1, -0.05) is 115 Å². The van der Waals surface area contributed by atoms with E-state index in [1.807, 2.05) is 72.8 Å². The van der Waals surface area contributed by atoms with Gasteiger partial charge in [0.1, 0.15) is 4.90 Å². The fourth-order valence-corrected chi connectivity index (χ4v) is 8.22. The summed E-state index contributed by atoms with van der Waals surface area (Å²) in [4.78, 5) is 17.6. The molecule has 0 saturated carbocycles. The zero-order valence-electron chi connectivity index (χ0n) is 26.3. The van der Waals surface area contributed by atoms with Gasteiger partial charge in [0.25, 0.3) is 10.1 Å². The van der Waals surface area contributed by atoms with Gasteiger partial charge in [-0.05, 0) is 24.3 Å². The molecule has 3 aromatic heterocycles. The van der Waals surface area contributed by atoms with Crippen LogP contribution in [0.25, 0.3) is 99.8 Å². The quantitative estimate of drug-likeness (QED) is 0.159. The van der Waals surface area contributed by atoms with Crippen LogP contribution in [0.5, 0.6) is 0 Å². The molecule has 10 rings (SSSR count). The zero-order chi connectivity index (χ0) is 33.6. The molecule has 8 bridgehead atoms. The fraction of sp³-hybridized carbons (Fsp3) is 0. The average molecular weight is 667 g/mol. The van der Waals surface area contributed by atoms with Crippen LogP contribution in [-0.2, 0) is 10.1 Å². The summed E-state index contributed by atoms with van der Waals surface area (Å²) in [6.07, 6.45) is 0. The van der Waals surface area contributed by atoms with Crippen LogP contribution >= 0.6 is 0 Å². The smallest absolute Gasteiger partial charge is 0.295 e. The van der Waals surface area contributed by atoms with Crippen molar-refractivity contribution >= 4 is 53.7 Å². The lowest BCUT2D eigenvalue weighted by molar-refractivity contribution is 0.483. The number of hydrogen-bond donors (Lipinski definition) is 3. The van der Waals surface area contributed by atoms with Crippen molar-refractivity contribution in [1.29, 1.82) is 0 Å². The van der Waals surface area contributed by atoms with Crippen LogP contribution in [-0.4, -0.2) is 32.9 Å². The van der Waals surface area contributed by atoms with E-state index in [9.17, 15) is 13.0 Å². The summed E-state index contributed by atoms with van der Waals surface area (Å²) in [6, 6.07) is 45.2. The summed E-state index contributed by atoms with van der Waals surface area (Å²) < 4.78 is 36.4. The number of fused-ring (bicyclic) bond motifs is 20. The molecule has 238 valence electrons. The van der Waals surface area contributed by atoms with E-state index in [1.165, 1.54) is 6.07 Å². The molecule has 2 aliphatic heterocycles. The van der Waals surface area contributed by atoms with Crippen molar-refractivity contribution in [2.45, 2.75) is 4.90 Å². The molecule has 0 amide bonds. The van der Waals surface area contributed by atoms with Gasteiger partial charge in [0.05, 0.1) is 28.3 Å². The lowest BCUT2D eigenvalue weighted by Crippen LogP contribution is -2.01. The minimum Gasteiger partial charge on any atom is -0.354 e. The van der Waals surface area contributed by atoms with E-state index >= 15 is 0 Å². The second-order valence-electron chi connectivity index (χ2n) is 12.6. The van der Waals surface area contributed by atoms with Crippen molar-refractivity contribution in [2.75, 3.05) is 0 Å². The van der Waals surface area contributed by atoms with Crippen molar-refractivity contribution in [2.24, 2.45) is 0 Å². The van der Waals surface area contributed by atoms with E-state index in [0.29, 0.717) is 22.3 Å². The Morgan fingerprint density at radius 1 is 0.460 bits per heavy atom. The van der Waals surface area contributed by atoms with Crippen LogP contribution in [0, 0.1) is 0 Å². The van der Waals surface area contributed by atoms with Crippen LogP contribution in [0.2, 0.25) is 0 Å². The maximum Gasteiger partial charge on any atom is 0.295 e. The van der Waals surface area contributed by atoms with Gasteiger partial charge in [0.15, 0.2) is 0 Å². The molecule has 0 aliphatic carbocycles. The van der Waals surface area contributed by atoms with Gasteiger partial charge in [-0.2, -0.15) is 8.42 Å². The number of rotatable bonds is 2. The Labute approximate surface area is 286 Å². The van der Waals surface area contributed by atoms with Gasteiger partial charge < -0.3 is 9.97 Å². The number of H-pyrrole nitrogens is 2. The summed E-state index contributed by atoms with van der Waals surface area (Å²) in [5.41, 5.74) is 11.0. The highest BCUT2D eigenvalue weighted by Gasteiger charge is 2.26. The molecule has 3 N–H and O–H groups in total. The molecule has 0 fully saturated rings. The molecule has 0 atom stereocenters. The second-order valence-corrected chi connectivity index (χ2v) is 13.9. The van der Waals surface area contributed by atoms with Gasteiger partial charge in [-0.3, -0.25) is 4.55 Å². The largest absolute Gasteiger partial charge is 0.354 e. The highest BCUT2D eigenvalue weighted by Crippen LogP contribution is 2.46. The van der Waals surface area contributed by atoms with Crippen molar-refractivity contribution in [1.82, 2.24) is 19.9 Å². The molecule has 0 radical (unpaired) electrons. The summed E-state index contributed by atoms with van der Waals surface area (Å²) >= 11 is 0. The molecule has 50 heavy (non-hydrogen) atoms. The van der Waals surface area contributed by atoms with Crippen molar-refractivity contribution < 1.29 is 13.0 Å². The number of nitrogens with zero attached hydrogens (tertiary/aromatic N) is 2. The number of aromatic nitrogens is 4. The first-order valence-corrected chi connectivity index (χ1v) is 17.7.